The SMILES string of the molecule is Cc1cccc(CNC(=O)N2CCN(c3c(Cl)cccc3Cl)CC2)c1. The third-order valence-electron chi connectivity index (χ3n) is 4.35. The van der Waals surface area contributed by atoms with Gasteiger partial charge in [-0.2, -0.15) is 0 Å². The van der Waals surface area contributed by atoms with Gasteiger partial charge < -0.3 is 15.1 Å². The highest BCUT2D eigenvalue weighted by molar-refractivity contribution is 6.39. The highest BCUT2D eigenvalue weighted by Gasteiger charge is 2.23. The van der Waals surface area contributed by atoms with Crippen molar-refractivity contribution >= 4 is 34.9 Å². The standard InChI is InChI=1S/C19H21Cl2N3O/c1-14-4-2-5-15(12-14)13-22-19(25)24-10-8-23(9-11-24)18-16(20)6-3-7-17(18)21/h2-7,12H,8-11,13H2,1H3,(H,22,25). The minimum Gasteiger partial charge on any atom is -0.366 e. The monoisotopic (exact) mass is 377 g/mol. The predicted molar refractivity (Wildman–Crippen MR) is 104 cm³/mol. The highest BCUT2D eigenvalue weighted by atomic mass is 35.5. The second-order valence-corrected chi connectivity index (χ2v) is 7.01. The smallest absolute Gasteiger partial charge is 0.317 e. The Morgan fingerprint density at radius 3 is 2.32 bits per heavy atom. The van der Waals surface area contributed by atoms with E-state index in [2.05, 4.69) is 16.3 Å². The fourth-order valence-corrected chi connectivity index (χ4v) is 3.67. The van der Waals surface area contributed by atoms with Crippen LogP contribution in [0.25, 0.3) is 0 Å². The number of piperazine rings is 1. The summed E-state index contributed by atoms with van der Waals surface area (Å²) in [5.41, 5.74) is 3.15. The van der Waals surface area contributed by atoms with E-state index >= 15 is 0 Å². The van der Waals surface area contributed by atoms with Crippen LogP contribution < -0.4 is 10.2 Å². The van der Waals surface area contributed by atoms with Crippen LogP contribution in [0.3, 0.4) is 0 Å². The molecule has 0 aromatic heterocycles. The summed E-state index contributed by atoms with van der Waals surface area (Å²) < 4.78 is 0. The Labute approximate surface area is 158 Å². The quantitative estimate of drug-likeness (QED) is 0.863. The Morgan fingerprint density at radius 2 is 1.68 bits per heavy atom. The van der Waals surface area contributed by atoms with Gasteiger partial charge in [0.1, 0.15) is 0 Å². The van der Waals surface area contributed by atoms with Crippen molar-refractivity contribution in [1.29, 1.82) is 0 Å². The van der Waals surface area contributed by atoms with Crippen LogP contribution in [-0.2, 0) is 6.54 Å². The van der Waals surface area contributed by atoms with Crippen LogP contribution in [0.2, 0.25) is 10.0 Å². The number of aryl methyl sites for hydroxylation is 1. The Morgan fingerprint density at radius 1 is 1.04 bits per heavy atom. The average molecular weight is 378 g/mol. The number of hydrogen-bond donors (Lipinski definition) is 1. The lowest BCUT2D eigenvalue weighted by Crippen LogP contribution is -2.51. The van der Waals surface area contributed by atoms with Crippen molar-refractivity contribution in [2.45, 2.75) is 13.5 Å². The number of anilines is 1. The van der Waals surface area contributed by atoms with Gasteiger partial charge in [0.25, 0.3) is 0 Å². The lowest BCUT2D eigenvalue weighted by atomic mass is 10.1. The van der Waals surface area contributed by atoms with E-state index in [1.807, 2.05) is 48.2 Å². The van der Waals surface area contributed by atoms with Crippen LogP contribution in [0.1, 0.15) is 11.1 Å². The van der Waals surface area contributed by atoms with Gasteiger partial charge in [-0.1, -0.05) is 59.1 Å². The van der Waals surface area contributed by atoms with Crippen LogP contribution in [0, 0.1) is 6.92 Å². The Bertz CT molecular complexity index is 738. The molecule has 1 fully saturated rings. The fraction of sp³-hybridized carbons (Fsp3) is 0.316. The lowest BCUT2D eigenvalue weighted by molar-refractivity contribution is 0.194. The maximum absolute atomic E-state index is 12.4. The molecule has 2 amide bonds. The van der Waals surface area contributed by atoms with E-state index in [0.717, 1.165) is 11.3 Å². The number of carbonyl (C=O) groups is 1. The molecule has 0 atom stereocenters. The second kappa shape index (κ2) is 7.98. The molecule has 2 aromatic rings. The molecular weight excluding hydrogens is 357 g/mol. The number of halogens is 2. The Balaban J connectivity index is 1.54. The molecule has 1 saturated heterocycles. The number of benzene rings is 2. The molecule has 0 saturated carbocycles. The first-order valence-corrected chi connectivity index (χ1v) is 9.07. The molecule has 4 nitrogen and oxygen atoms in total. The van der Waals surface area contributed by atoms with Crippen LogP contribution in [0.4, 0.5) is 10.5 Å². The molecule has 0 aliphatic carbocycles. The van der Waals surface area contributed by atoms with Crippen LogP contribution in [0.5, 0.6) is 0 Å². The number of para-hydroxylation sites is 1. The van der Waals surface area contributed by atoms with Gasteiger partial charge in [-0.05, 0) is 24.6 Å². The van der Waals surface area contributed by atoms with Crippen molar-refractivity contribution in [2.75, 3.05) is 31.1 Å². The highest BCUT2D eigenvalue weighted by Crippen LogP contribution is 2.33. The molecule has 0 bridgehead atoms. The number of carbonyl (C=O) groups excluding carboxylic acids is 1. The molecule has 0 unspecified atom stereocenters. The van der Waals surface area contributed by atoms with Gasteiger partial charge >= 0.3 is 6.03 Å². The molecule has 6 heteroatoms. The van der Waals surface area contributed by atoms with Crippen molar-refractivity contribution in [3.8, 4) is 0 Å². The maximum atomic E-state index is 12.4. The number of rotatable bonds is 3. The molecule has 0 spiro atoms. The maximum Gasteiger partial charge on any atom is 0.317 e. The van der Waals surface area contributed by atoms with E-state index in [-0.39, 0.29) is 6.03 Å². The Kier molecular flexibility index (Phi) is 5.71. The van der Waals surface area contributed by atoms with Crippen LogP contribution >= 0.6 is 23.2 Å². The van der Waals surface area contributed by atoms with Crippen LogP contribution in [0.15, 0.2) is 42.5 Å². The van der Waals surface area contributed by atoms with Gasteiger partial charge in [0.15, 0.2) is 0 Å². The summed E-state index contributed by atoms with van der Waals surface area (Å²) in [4.78, 5) is 16.3. The first-order chi connectivity index (χ1) is 12.0. The lowest BCUT2D eigenvalue weighted by Gasteiger charge is -2.36. The molecule has 2 aromatic carbocycles. The molecule has 25 heavy (non-hydrogen) atoms. The summed E-state index contributed by atoms with van der Waals surface area (Å²) in [6.45, 7) is 5.28. The van der Waals surface area contributed by atoms with E-state index < -0.39 is 0 Å². The minimum atomic E-state index is -0.0357. The second-order valence-electron chi connectivity index (χ2n) is 6.19. The summed E-state index contributed by atoms with van der Waals surface area (Å²) >= 11 is 12.5. The van der Waals surface area contributed by atoms with Crippen LogP contribution in [-0.4, -0.2) is 37.1 Å². The van der Waals surface area contributed by atoms with Gasteiger partial charge in [-0.25, -0.2) is 4.79 Å². The number of urea groups is 1. The van der Waals surface area contributed by atoms with Gasteiger partial charge in [-0.15, -0.1) is 0 Å². The molecule has 1 heterocycles. The molecule has 1 aliphatic rings. The van der Waals surface area contributed by atoms with Gasteiger partial charge in [0.05, 0.1) is 15.7 Å². The van der Waals surface area contributed by atoms with Crippen molar-refractivity contribution in [2.24, 2.45) is 0 Å². The van der Waals surface area contributed by atoms with Gasteiger partial charge in [-0.3, -0.25) is 0 Å². The third-order valence-corrected chi connectivity index (χ3v) is 4.96. The first kappa shape index (κ1) is 17.9. The average Bonchev–Trinajstić information content (AvgIpc) is 2.60. The van der Waals surface area contributed by atoms with E-state index in [0.29, 0.717) is 42.8 Å². The molecule has 0 radical (unpaired) electrons. The van der Waals surface area contributed by atoms with Crippen molar-refractivity contribution < 1.29 is 4.79 Å². The van der Waals surface area contributed by atoms with Gasteiger partial charge in [0.2, 0.25) is 0 Å². The predicted octanol–water partition coefficient (Wildman–Crippen LogP) is 4.33. The van der Waals surface area contributed by atoms with E-state index in [9.17, 15) is 4.79 Å². The summed E-state index contributed by atoms with van der Waals surface area (Å²) in [5.74, 6) is 0. The fourth-order valence-electron chi connectivity index (χ4n) is 3.04. The zero-order chi connectivity index (χ0) is 17.8. The van der Waals surface area contributed by atoms with E-state index in [1.165, 1.54) is 5.56 Å². The zero-order valence-electron chi connectivity index (χ0n) is 14.1. The molecule has 1 aliphatic heterocycles. The topological polar surface area (TPSA) is 35.6 Å². The molecule has 1 N–H and O–H groups in total. The number of amides is 2. The zero-order valence-corrected chi connectivity index (χ0v) is 15.6. The minimum absolute atomic E-state index is 0.0357. The number of hydrogen-bond acceptors (Lipinski definition) is 2. The summed E-state index contributed by atoms with van der Waals surface area (Å²) in [6.07, 6.45) is 0. The Hall–Kier alpha value is -1.91. The van der Waals surface area contributed by atoms with Crippen molar-refractivity contribution in [1.82, 2.24) is 10.2 Å². The van der Waals surface area contributed by atoms with E-state index in [1.54, 1.807) is 0 Å². The molecule has 132 valence electrons. The third kappa shape index (κ3) is 4.39. The summed E-state index contributed by atoms with van der Waals surface area (Å²) in [5, 5.41) is 4.28. The van der Waals surface area contributed by atoms with Crippen molar-refractivity contribution in [3.05, 3.63) is 63.6 Å². The first-order valence-electron chi connectivity index (χ1n) is 8.32. The van der Waals surface area contributed by atoms with Gasteiger partial charge in [0, 0.05) is 32.7 Å². The molecule has 3 rings (SSSR count). The summed E-state index contributed by atoms with van der Waals surface area (Å²) in [6, 6.07) is 13.6. The summed E-state index contributed by atoms with van der Waals surface area (Å²) in [7, 11) is 0. The van der Waals surface area contributed by atoms with Crippen molar-refractivity contribution in [3.63, 3.8) is 0 Å². The largest absolute Gasteiger partial charge is 0.366 e. The normalized spacial score (nSPS) is 14.5. The number of nitrogens with zero attached hydrogens (tertiary/aromatic N) is 2. The van der Waals surface area contributed by atoms with E-state index in [4.69, 9.17) is 23.2 Å². The number of nitrogens with one attached hydrogen (secondary N) is 1. The molecular formula is C19H21Cl2N3O.